The Morgan fingerprint density at radius 3 is 2.36 bits per heavy atom. The van der Waals surface area contributed by atoms with Gasteiger partial charge in [0.15, 0.2) is 0 Å². The van der Waals surface area contributed by atoms with E-state index in [2.05, 4.69) is 10.1 Å². The van der Waals surface area contributed by atoms with Crippen molar-refractivity contribution in [2.75, 3.05) is 26.5 Å². The number of nitrogens with zero attached hydrogens (tertiary/aromatic N) is 1. The number of benzene rings is 1. The first kappa shape index (κ1) is 16.2. The van der Waals surface area contributed by atoms with Gasteiger partial charge in [-0.2, -0.15) is 11.3 Å². The zero-order valence-electron chi connectivity index (χ0n) is 12.7. The number of esters is 1. The number of hydrogen-bond donors (Lipinski definition) is 1. The fourth-order valence-electron chi connectivity index (χ4n) is 2.13. The molecule has 1 aromatic heterocycles. The third kappa shape index (κ3) is 3.72. The fraction of sp³-hybridized carbons (Fsp3) is 0.250. The van der Waals surface area contributed by atoms with Crippen LogP contribution in [0.25, 0.3) is 0 Å². The molecule has 0 aliphatic rings. The van der Waals surface area contributed by atoms with Gasteiger partial charge in [0.25, 0.3) is 0 Å². The summed E-state index contributed by atoms with van der Waals surface area (Å²) >= 11 is 1.56. The summed E-state index contributed by atoms with van der Waals surface area (Å²) in [5.74, 6) is -0.517. The number of hydrogen-bond acceptors (Lipinski definition) is 5. The van der Waals surface area contributed by atoms with Crippen molar-refractivity contribution in [1.29, 1.82) is 0 Å². The van der Waals surface area contributed by atoms with Crippen LogP contribution in [0.5, 0.6) is 0 Å². The number of anilines is 1. The standard InChI is InChI=1S/C16H18N2O3S/c1-18(2)14(12-8-9-22-10-12)15(19)17-13-6-4-11(5-7-13)16(20)21-3/h4-10,14H,1-3H3,(H,17,19). The molecule has 116 valence electrons. The number of ether oxygens (including phenoxy) is 1. The lowest BCUT2D eigenvalue weighted by molar-refractivity contribution is -0.120. The highest BCUT2D eigenvalue weighted by Crippen LogP contribution is 2.23. The molecule has 0 saturated heterocycles. The molecule has 0 radical (unpaired) electrons. The van der Waals surface area contributed by atoms with Gasteiger partial charge in [-0.1, -0.05) is 0 Å². The largest absolute Gasteiger partial charge is 0.465 e. The quantitative estimate of drug-likeness (QED) is 0.861. The number of thiophene rings is 1. The summed E-state index contributed by atoms with van der Waals surface area (Å²) in [6.45, 7) is 0. The molecule has 1 N–H and O–H groups in total. The van der Waals surface area contributed by atoms with Gasteiger partial charge in [-0.25, -0.2) is 4.79 Å². The average molecular weight is 318 g/mol. The Kier molecular flexibility index (Phi) is 5.30. The summed E-state index contributed by atoms with van der Waals surface area (Å²) in [6, 6.07) is 8.20. The molecule has 2 aromatic rings. The first-order valence-corrected chi connectivity index (χ1v) is 7.65. The zero-order valence-corrected chi connectivity index (χ0v) is 13.5. The first-order chi connectivity index (χ1) is 10.5. The van der Waals surface area contributed by atoms with Crippen molar-refractivity contribution in [1.82, 2.24) is 4.90 Å². The van der Waals surface area contributed by atoms with Crippen LogP contribution < -0.4 is 5.32 Å². The minimum atomic E-state index is -0.401. The fourth-order valence-corrected chi connectivity index (χ4v) is 2.81. The summed E-state index contributed by atoms with van der Waals surface area (Å²) < 4.78 is 4.64. The summed E-state index contributed by atoms with van der Waals surface area (Å²) in [7, 11) is 5.06. The van der Waals surface area contributed by atoms with E-state index in [1.54, 1.807) is 35.6 Å². The Labute approximate surface area is 133 Å². The molecule has 0 aliphatic heterocycles. The van der Waals surface area contributed by atoms with E-state index in [0.717, 1.165) is 5.56 Å². The van der Waals surface area contributed by atoms with Crippen molar-refractivity contribution in [3.63, 3.8) is 0 Å². The van der Waals surface area contributed by atoms with Crippen LogP contribution in [0.3, 0.4) is 0 Å². The van der Waals surface area contributed by atoms with Crippen LogP contribution in [0, 0.1) is 0 Å². The molecule has 1 unspecified atom stereocenters. The highest BCUT2D eigenvalue weighted by atomic mass is 32.1. The van der Waals surface area contributed by atoms with E-state index in [0.29, 0.717) is 11.3 Å². The lowest BCUT2D eigenvalue weighted by Gasteiger charge is -2.22. The molecule has 1 amide bonds. The van der Waals surface area contributed by atoms with Gasteiger partial charge >= 0.3 is 5.97 Å². The van der Waals surface area contributed by atoms with Gasteiger partial charge in [0.2, 0.25) is 5.91 Å². The highest BCUT2D eigenvalue weighted by molar-refractivity contribution is 7.08. The minimum absolute atomic E-state index is 0.116. The maximum absolute atomic E-state index is 12.5. The Balaban J connectivity index is 2.12. The van der Waals surface area contributed by atoms with Crippen molar-refractivity contribution in [2.24, 2.45) is 0 Å². The van der Waals surface area contributed by atoms with Gasteiger partial charge < -0.3 is 10.1 Å². The van der Waals surface area contributed by atoms with E-state index in [1.165, 1.54) is 7.11 Å². The summed E-state index contributed by atoms with van der Waals surface area (Å²) in [5, 5.41) is 6.78. The van der Waals surface area contributed by atoms with Crippen LogP contribution in [-0.2, 0) is 9.53 Å². The summed E-state index contributed by atoms with van der Waals surface area (Å²) in [5.41, 5.74) is 2.04. The SMILES string of the molecule is COC(=O)c1ccc(NC(=O)C(c2ccsc2)N(C)C)cc1. The topological polar surface area (TPSA) is 58.6 Å². The number of carbonyl (C=O) groups is 2. The normalized spacial score (nSPS) is 12.0. The van der Waals surface area contributed by atoms with E-state index in [9.17, 15) is 9.59 Å². The van der Waals surface area contributed by atoms with Gasteiger partial charge in [-0.15, -0.1) is 0 Å². The predicted octanol–water partition coefficient (Wildman–Crippen LogP) is 2.78. The molecule has 2 rings (SSSR count). The van der Waals surface area contributed by atoms with Gasteiger partial charge in [-0.3, -0.25) is 9.69 Å². The average Bonchev–Trinajstić information content (AvgIpc) is 3.00. The number of carbonyl (C=O) groups excluding carboxylic acids is 2. The number of rotatable bonds is 5. The van der Waals surface area contributed by atoms with E-state index >= 15 is 0 Å². The van der Waals surface area contributed by atoms with E-state index in [1.807, 2.05) is 35.8 Å². The van der Waals surface area contributed by atoms with Gasteiger partial charge in [0, 0.05) is 5.69 Å². The van der Waals surface area contributed by atoms with Crippen LogP contribution in [0.15, 0.2) is 41.1 Å². The lowest BCUT2D eigenvalue weighted by Crippen LogP contribution is -2.31. The van der Waals surface area contributed by atoms with Crippen molar-refractivity contribution < 1.29 is 14.3 Å². The molecule has 5 nitrogen and oxygen atoms in total. The maximum atomic E-state index is 12.5. The summed E-state index contributed by atoms with van der Waals surface area (Å²) in [4.78, 5) is 25.7. The van der Waals surface area contributed by atoms with Crippen LogP contribution >= 0.6 is 11.3 Å². The minimum Gasteiger partial charge on any atom is -0.465 e. The smallest absolute Gasteiger partial charge is 0.337 e. The second kappa shape index (κ2) is 7.20. The van der Waals surface area contributed by atoms with Crippen molar-refractivity contribution >= 4 is 28.9 Å². The second-order valence-corrected chi connectivity index (χ2v) is 5.76. The molecule has 0 saturated carbocycles. The third-order valence-electron chi connectivity index (χ3n) is 3.20. The first-order valence-electron chi connectivity index (χ1n) is 6.70. The van der Waals surface area contributed by atoms with Crippen LogP contribution in [-0.4, -0.2) is 38.0 Å². The lowest BCUT2D eigenvalue weighted by atomic mass is 10.1. The number of likely N-dealkylation sites (N-methyl/N-ethyl adjacent to an activating group) is 1. The highest BCUT2D eigenvalue weighted by Gasteiger charge is 2.23. The molecule has 22 heavy (non-hydrogen) atoms. The maximum Gasteiger partial charge on any atom is 0.337 e. The van der Waals surface area contributed by atoms with Crippen LogP contribution in [0.4, 0.5) is 5.69 Å². The van der Waals surface area contributed by atoms with E-state index < -0.39 is 5.97 Å². The molecular formula is C16H18N2O3S. The monoisotopic (exact) mass is 318 g/mol. The van der Waals surface area contributed by atoms with Gasteiger partial charge in [0.1, 0.15) is 6.04 Å². The number of nitrogens with one attached hydrogen (secondary N) is 1. The molecule has 0 aliphatic carbocycles. The van der Waals surface area contributed by atoms with Crippen molar-refractivity contribution in [3.8, 4) is 0 Å². The Morgan fingerprint density at radius 1 is 1.18 bits per heavy atom. The van der Waals surface area contributed by atoms with Crippen molar-refractivity contribution in [2.45, 2.75) is 6.04 Å². The predicted molar refractivity (Wildman–Crippen MR) is 87.2 cm³/mol. The van der Waals surface area contributed by atoms with Crippen LogP contribution in [0.1, 0.15) is 22.0 Å². The molecule has 6 heteroatoms. The van der Waals surface area contributed by atoms with E-state index in [4.69, 9.17) is 0 Å². The van der Waals surface area contributed by atoms with Crippen LogP contribution in [0.2, 0.25) is 0 Å². The Hall–Kier alpha value is -2.18. The van der Waals surface area contributed by atoms with Gasteiger partial charge in [-0.05, 0) is 60.8 Å². The summed E-state index contributed by atoms with van der Waals surface area (Å²) in [6.07, 6.45) is 0. The molecule has 1 heterocycles. The van der Waals surface area contributed by atoms with E-state index in [-0.39, 0.29) is 11.9 Å². The zero-order chi connectivity index (χ0) is 16.1. The molecule has 1 aromatic carbocycles. The molecular weight excluding hydrogens is 300 g/mol. The molecule has 0 fully saturated rings. The Morgan fingerprint density at radius 2 is 1.86 bits per heavy atom. The number of amides is 1. The molecule has 0 bridgehead atoms. The third-order valence-corrected chi connectivity index (χ3v) is 3.90. The number of methoxy groups -OCH3 is 1. The molecule has 0 spiro atoms. The van der Waals surface area contributed by atoms with Crippen molar-refractivity contribution in [3.05, 3.63) is 52.2 Å². The second-order valence-electron chi connectivity index (χ2n) is 4.98. The van der Waals surface area contributed by atoms with Gasteiger partial charge in [0.05, 0.1) is 12.7 Å². The Bertz CT molecular complexity index is 636. The molecule has 1 atom stereocenters.